The van der Waals surface area contributed by atoms with E-state index in [0.29, 0.717) is 40.9 Å². The van der Waals surface area contributed by atoms with Crippen LogP contribution in [0.25, 0.3) is 16.6 Å². The molecule has 37 heavy (non-hydrogen) atoms. The SMILES string of the molecule is COc1cc(CO)c(F)c(N2CCN(C(C)C)Cc3c2ccc2ncn(-c4cnn(C)c4)c(=O)c32)c1F. The van der Waals surface area contributed by atoms with E-state index in [2.05, 4.69) is 15.0 Å². The monoisotopic (exact) mass is 510 g/mol. The first-order valence-electron chi connectivity index (χ1n) is 11.9. The molecular formula is C26H28F2N6O3. The Kier molecular flexibility index (Phi) is 6.42. The lowest BCUT2D eigenvalue weighted by Gasteiger charge is -2.28. The number of hydrogen-bond donors (Lipinski definition) is 1. The minimum atomic E-state index is -0.875. The highest BCUT2D eigenvalue weighted by atomic mass is 19.1. The van der Waals surface area contributed by atoms with Crippen LogP contribution in [-0.2, 0) is 20.2 Å². The molecule has 0 aliphatic carbocycles. The van der Waals surface area contributed by atoms with Crippen LogP contribution < -0.4 is 15.2 Å². The number of rotatable bonds is 5. The van der Waals surface area contributed by atoms with Gasteiger partial charge in [0.25, 0.3) is 5.56 Å². The Hall–Kier alpha value is -3.83. The Morgan fingerprint density at radius 2 is 1.97 bits per heavy atom. The average molecular weight is 511 g/mol. The number of aliphatic hydroxyl groups is 1. The van der Waals surface area contributed by atoms with Crippen molar-refractivity contribution in [1.29, 1.82) is 0 Å². The summed E-state index contributed by atoms with van der Waals surface area (Å²) in [6, 6.07) is 4.68. The first-order valence-corrected chi connectivity index (χ1v) is 11.9. The zero-order chi connectivity index (χ0) is 26.4. The molecule has 9 nitrogen and oxygen atoms in total. The first-order chi connectivity index (χ1) is 17.7. The number of anilines is 2. The Bertz CT molecular complexity index is 1520. The number of methoxy groups -OCH3 is 1. The summed E-state index contributed by atoms with van der Waals surface area (Å²) in [7, 11) is 3.05. The van der Waals surface area contributed by atoms with Crippen LogP contribution in [0.5, 0.6) is 5.75 Å². The summed E-state index contributed by atoms with van der Waals surface area (Å²) in [6.07, 6.45) is 4.74. The molecule has 0 saturated heterocycles. The minimum Gasteiger partial charge on any atom is -0.494 e. The highest BCUT2D eigenvalue weighted by molar-refractivity contribution is 5.89. The molecule has 0 atom stereocenters. The van der Waals surface area contributed by atoms with Gasteiger partial charge in [-0.3, -0.25) is 18.9 Å². The predicted molar refractivity (Wildman–Crippen MR) is 135 cm³/mol. The zero-order valence-electron chi connectivity index (χ0n) is 21.1. The molecule has 0 amide bonds. The van der Waals surface area contributed by atoms with Crippen LogP contribution in [0.2, 0.25) is 0 Å². The van der Waals surface area contributed by atoms with Crippen molar-refractivity contribution in [1.82, 2.24) is 24.2 Å². The average Bonchev–Trinajstić information content (AvgIpc) is 3.21. The van der Waals surface area contributed by atoms with E-state index in [9.17, 15) is 9.90 Å². The molecule has 11 heteroatoms. The second kappa shape index (κ2) is 9.56. The number of hydrogen-bond acceptors (Lipinski definition) is 7. The van der Waals surface area contributed by atoms with Crippen molar-refractivity contribution < 1.29 is 18.6 Å². The lowest BCUT2D eigenvalue weighted by molar-refractivity contribution is 0.224. The van der Waals surface area contributed by atoms with Gasteiger partial charge in [-0.25, -0.2) is 13.8 Å². The maximum Gasteiger partial charge on any atom is 0.266 e. The molecule has 0 unspecified atom stereocenters. The molecule has 3 heterocycles. The van der Waals surface area contributed by atoms with Crippen LogP contribution in [0.4, 0.5) is 20.2 Å². The van der Waals surface area contributed by atoms with Crippen LogP contribution in [0, 0.1) is 11.6 Å². The fourth-order valence-electron chi connectivity index (χ4n) is 4.85. The fraction of sp³-hybridized carbons (Fsp3) is 0.346. The number of aliphatic hydroxyl groups excluding tert-OH is 1. The van der Waals surface area contributed by atoms with Crippen LogP contribution in [0.15, 0.2) is 41.7 Å². The van der Waals surface area contributed by atoms with E-state index in [0.717, 1.165) is 6.07 Å². The van der Waals surface area contributed by atoms with E-state index >= 15 is 8.78 Å². The number of ether oxygens (including phenoxy) is 1. The number of aryl methyl sites for hydroxylation is 1. The molecule has 0 saturated carbocycles. The van der Waals surface area contributed by atoms with E-state index in [-0.39, 0.29) is 35.1 Å². The summed E-state index contributed by atoms with van der Waals surface area (Å²) in [5.41, 5.74) is 1.44. The lowest BCUT2D eigenvalue weighted by atomic mass is 10.0. The third kappa shape index (κ3) is 4.13. The van der Waals surface area contributed by atoms with Gasteiger partial charge in [-0.15, -0.1) is 0 Å². The first kappa shape index (κ1) is 24.8. The van der Waals surface area contributed by atoms with E-state index in [1.54, 1.807) is 36.3 Å². The smallest absolute Gasteiger partial charge is 0.266 e. The Morgan fingerprint density at radius 1 is 1.19 bits per heavy atom. The summed E-state index contributed by atoms with van der Waals surface area (Å²) < 4.78 is 39.4. The summed E-state index contributed by atoms with van der Waals surface area (Å²) in [6.45, 7) is 4.56. The molecule has 2 aromatic heterocycles. The van der Waals surface area contributed by atoms with Gasteiger partial charge in [0.15, 0.2) is 17.4 Å². The Labute approximate surface area is 212 Å². The number of benzene rings is 2. The number of aromatic nitrogens is 4. The van der Waals surface area contributed by atoms with Gasteiger partial charge in [-0.1, -0.05) is 0 Å². The van der Waals surface area contributed by atoms with Gasteiger partial charge >= 0.3 is 0 Å². The number of fused-ring (bicyclic) bond motifs is 3. The van der Waals surface area contributed by atoms with Gasteiger partial charge < -0.3 is 14.7 Å². The second-order valence-corrected chi connectivity index (χ2v) is 9.34. The molecule has 0 spiro atoms. The largest absolute Gasteiger partial charge is 0.494 e. The fourth-order valence-corrected chi connectivity index (χ4v) is 4.85. The van der Waals surface area contributed by atoms with Crippen molar-refractivity contribution in [2.75, 3.05) is 25.1 Å². The van der Waals surface area contributed by atoms with Crippen molar-refractivity contribution in [3.63, 3.8) is 0 Å². The van der Waals surface area contributed by atoms with Crippen molar-refractivity contribution in [2.45, 2.75) is 33.0 Å². The Morgan fingerprint density at radius 3 is 2.62 bits per heavy atom. The second-order valence-electron chi connectivity index (χ2n) is 9.34. The summed E-state index contributed by atoms with van der Waals surface area (Å²) in [4.78, 5) is 22.0. The maximum absolute atomic E-state index is 15.6. The molecule has 5 rings (SSSR count). The van der Waals surface area contributed by atoms with Gasteiger partial charge in [0.2, 0.25) is 0 Å². The van der Waals surface area contributed by atoms with E-state index in [1.807, 2.05) is 13.8 Å². The van der Waals surface area contributed by atoms with Crippen LogP contribution in [0.3, 0.4) is 0 Å². The van der Waals surface area contributed by atoms with Gasteiger partial charge in [0, 0.05) is 55.7 Å². The molecule has 1 aliphatic heterocycles. The number of nitrogens with zero attached hydrogens (tertiary/aromatic N) is 6. The molecule has 0 bridgehead atoms. The molecule has 2 aromatic carbocycles. The topological polar surface area (TPSA) is 88.7 Å². The molecule has 0 radical (unpaired) electrons. The lowest BCUT2D eigenvalue weighted by Crippen LogP contribution is -2.34. The molecule has 194 valence electrons. The molecular weight excluding hydrogens is 482 g/mol. The van der Waals surface area contributed by atoms with Crippen LogP contribution in [0.1, 0.15) is 25.0 Å². The summed E-state index contributed by atoms with van der Waals surface area (Å²) in [5, 5.41) is 14.3. The Balaban J connectivity index is 1.81. The highest BCUT2D eigenvalue weighted by Gasteiger charge is 2.31. The van der Waals surface area contributed by atoms with Crippen LogP contribution >= 0.6 is 0 Å². The highest BCUT2D eigenvalue weighted by Crippen LogP contribution is 2.41. The third-order valence-corrected chi connectivity index (χ3v) is 6.85. The quantitative estimate of drug-likeness (QED) is 0.441. The molecule has 4 aromatic rings. The van der Waals surface area contributed by atoms with E-state index in [4.69, 9.17) is 4.74 Å². The summed E-state index contributed by atoms with van der Waals surface area (Å²) in [5.74, 6) is -1.92. The van der Waals surface area contributed by atoms with Crippen molar-refractivity contribution >= 4 is 22.3 Å². The van der Waals surface area contributed by atoms with Gasteiger partial charge in [-0.05, 0) is 32.0 Å². The van der Waals surface area contributed by atoms with Gasteiger partial charge in [-0.2, -0.15) is 5.10 Å². The standard InChI is InChI=1S/C26H28F2N6O3/c1-15(2)32-7-8-33(25-23(27)16(13-35)9-21(37-4)24(25)28)20-6-5-19-22(18(20)12-32)26(36)34(14-29-19)17-10-30-31(3)11-17/h5-6,9-11,14-15,35H,7-8,12-13H2,1-4H3. The van der Waals surface area contributed by atoms with Gasteiger partial charge in [0.1, 0.15) is 12.0 Å². The number of halogens is 2. The van der Waals surface area contributed by atoms with Crippen molar-refractivity contribution in [3.8, 4) is 11.4 Å². The van der Waals surface area contributed by atoms with E-state index in [1.165, 1.54) is 22.9 Å². The molecule has 1 N–H and O–H groups in total. The summed E-state index contributed by atoms with van der Waals surface area (Å²) >= 11 is 0. The normalized spacial score (nSPS) is 14.3. The van der Waals surface area contributed by atoms with Crippen molar-refractivity contribution in [3.05, 3.63) is 70.0 Å². The zero-order valence-corrected chi connectivity index (χ0v) is 21.1. The predicted octanol–water partition coefficient (Wildman–Crippen LogP) is 3.26. The van der Waals surface area contributed by atoms with Crippen molar-refractivity contribution in [2.24, 2.45) is 7.05 Å². The third-order valence-electron chi connectivity index (χ3n) is 6.85. The maximum atomic E-state index is 15.6. The van der Waals surface area contributed by atoms with Gasteiger partial charge in [0.05, 0.1) is 36.5 Å². The molecule has 1 aliphatic rings. The van der Waals surface area contributed by atoms with E-state index < -0.39 is 18.2 Å². The molecule has 0 fully saturated rings. The minimum absolute atomic E-state index is 0.0823. The van der Waals surface area contributed by atoms with Crippen LogP contribution in [-0.4, -0.2) is 55.6 Å².